The average molecular weight is 669 g/mol. The Morgan fingerprint density at radius 1 is 0.867 bits per heavy atom. The number of nitrogens with one attached hydrogen (secondary N) is 1. The number of benzene rings is 4. The summed E-state index contributed by atoms with van der Waals surface area (Å²) in [6.45, 7) is 1.76. The van der Waals surface area contributed by atoms with Gasteiger partial charge in [-0.05, 0) is 66.1 Å². The zero-order valence-corrected chi connectivity index (χ0v) is 27.4. The lowest BCUT2D eigenvalue weighted by atomic mass is 10.0. The van der Waals surface area contributed by atoms with Crippen molar-refractivity contribution < 1.29 is 22.7 Å². The Labute approximate surface area is 274 Å². The molecule has 0 fully saturated rings. The molecule has 1 N–H and O–H groups in total. The molecule has 4 rings (SSSR count). The second-order valence-corrected chi connectivity index (χ2v) is 13.2. The van der Waals surface area contributed by atoms with E-state index in [1.165, 1.54) is 4.90 Å². The summed E-state index contributed by atoms with van der Waals surface area (Å²) in [7, 11) is -3.92. The molecule has 0 aliphatic carbocycles. The monoisotopic (exact) mass is 667 g/mol. The van der Waals surface area contributed by atoms with Crippen LogP contribution in [-0.4, -0.2) is 50.5 Å². The maximum atomic E-state index is 14.2. The molecule has 0 heterocycles. The lowest BCUT2D eigenvalue weighted by molar-refractivity contribution is -0.140. The summed E-state index contributed by atoms with van der Waals surface area (Å²) in [6, 6.07) is 28.9. The second-order valence-electron chi connectivity index (χ2n) is 10.4. The maximum absolute atomic E-state index is 14.2. The molecule has 11 heteroatoms. The van der Waals surface area contributed by atoms with Gasteiger partial charge in [0.25, 0.3) is 0 Å². The summed E-state index contributed by atoms with van der Waals surface area (Å²) in [5, 5.41) is 3.65. The van der Waals surface area contributed by atoms with Gasteiger partial charge < -0.3 is 15.0 Å². The van der Waals surface area contributed by atoms with Crippen LogP contribution in [0.25, 0.3) is 0 Å². The minimum Gasteiger partial charge on any atom is -0.457 e. The number of halogens is 2. The number of sulfonamides is 1. The van der Waals surface area contributed by atoms with Gasteiger partial charge in [-0.2, -0.15) is 0 Å². The first-order valence-corrected chi connectivity index (χ1v) is 17.0. The summed E-state index contributed by atoms with van der Waals surface area (Å²) < 4.78 is 33.0. The number of carbonyl (C=O) groups excluding carboxylic acids is 2. The number of anilines is 1. The van der Waals surface area contributed by atoms with E-state index in [1.54, 1.807) is 54.6 Å². The lowest BCUT2D eigenvalue weighted by Crippen LogP contribution is -2.53. The Hall–Kier alpha value is -4.05. The first-order valence-electron chi connectivity index (χ1n) is 14.4. The van der Waals surface area contributed by atoms with Crippen molar-refractivity contribution in [3.05, 3.63) is 124 Å². The van der Waals surface area contributed by atoms with Crippen LogP contribution >= 0.6 is 23.2 Å². The zero-order chi connectivity index (χ0) is 32.4. The van der Waals surface area contributed by atoms with Crippen molar-refractivity contribution >= 4 is 50.7 Å². The smallest absolute Gasteiger partial charge is 0.244 e. The molecular formula is C34H35Cl2N3O5S. The number of carbonyl (C=O) groups is 2. The zero-order valence-electron chi connectivity index (χ0n) is 25.0. The summed E-state index contributed by atoms with van der Waals surface area (Å²) in [5.74, 6) is 0.193. The molecule has 0 aliphatic heterocycles. The van der Waals surface area contributed by atoms with E-state index in [2.05, 4.69) is 5.32 Å². The van der Waals surface area contributed by atoms with Gasteiger partial charge in [-0.1, -0.05) is 84.7 Å². The molecule has 4 aromatic rings. The van der Waals surface area contributed by atoms with E-state index in [1.807, 2.05) is 55.5 Å². The van der Waals surface area contributed by atoms with E-state index in [-0.39, 0.29) is 24.6 Å². The van der Waals surface area contributed by atoms with Crippen molar-refractivity contribution in [2.75, 3.05) is 23.7 Å². The highest BCUT2D eigenvalue weighted by Crippen LogP contribution is 2.27. The molecule has 0 aromatic heterocycles. The molecule has 236 valence electrons. The number of ether oxygens (including phenoxy) is 1. The van der Waals surface area contributed by atoms with Crippen LogP contribution in [0.15, 0.2) is 103 Å². The van der Waals surface area contributed by atoms with Crippen LogP contribution in [0.5, 0.6) is 11.5 Å². The van der Waals surface area contributed by atoms with Crippen molar-refractivity contribution in [3.63, 3.8) is 0 Å². The number of para-hydroxylation sites is 1. The third-order valence-electron chi connectivity index (χ3n) is 6.96. The molecule has 45 heavy (non-hydrogen) atoms. The minimum absolute atomic E-state index is 0.0483. The SMILES string of the molecule is CCCNC(=O)[C@@H](Cc1ccccc1)N(Cc1ccc(Cl)cc1Cl)C(=O)CN(c1ccc(Oc2ccccc2)cc1)S(C)(=O)=O. The molecule has 0 saturated carbocycles. The van der Waals surface area contributed by atoms with Crippen LogP contribution in [0.2, 0.25) is 10.0 Å². The van der Waals surface area contributed by atoms with Crippen LogP contribution in [0.1, 0.15) is 24.5 Å². The summed E-state index contributed by atoms with van der Waals surface area (Å²) in [4.78, 5) is 29.2. The highest BCUT2D eigenvalue weighted by molar-refractivity contribution is 7.92. The van der Waals surface area contributed by atoms with Gasteiger partial charge in [0.2, 0.25) is 21.8 Å². The van der Waals surface area contributed by atoms with E-state index in [9.17, 15) is 18.0 Å². The van der Waals surface area contributed by atoms with Crippen LogP contribution in [0.4, 0.5) is 5.69 Å². The topological polar surface area (TPSA) is 96.0 Å². The molecule has 4 aromatic carbocycles. The molecule has 1 atom stereocenters. The van der Waals surface area contributed by atoms with Gasteiger partial charge in [0.15, 0.2) is 0 Å². The van der Waals surface area contributed by atoms with E-state index in [0.717, 1.165) is 16.1 Å². The highest BCUT2D eigenvalue weighted by atomic mass is 35.5. The molecule has 8 nitrogen and oxygen atoms in total. The first-order chi connectivity index (χ1) is 21.5. The highest BCUT2D eigenvalue weighted by Gasteiger charge is 2.33. The Kier molecular flexibility index (Phi) is 11.9. The fraction of sp³-hybridized carbons (Fsp3) is 0.235. The predicted octanol–water partition coefficient (Wildman–Crippen LogP) is 6.72. The van der Waals surface area contributed by atoms with Gasteiger partial charge in [-0.15, -0.1) is 0 Å². The number of amides is 2. The van der Waals surface area contributed by atoms with Crippen molar-refractivity contribution in [2.24, 2.45) is 0 Å². The van der Waals surface area contributed by atoms with Gasteiger partial charge >= 0.3 is 0 Å². The molecule has 0 saturated heterocycles. The van der Waals surface area contributed by atoms with Crippen molar-refractivity contribution in [2.45, 2.75) is 32.4 Å². The van der Waals surface area contributed by atoms with Gasteiger partial charge in [-0.3, -0.25) is 13.9 Å². The summed E-state index contributed by atoms with van der Waals surface area (Å²) in [5.41, 5.74) is 1.66. The standard InChI is InChI=1S/C34H35Cl2N3O5S/c1-3-20-37-34(41)32(21-25-10-6-4-7-11-25)38(23-26-14-15-27(35)22-31(26)36)33(40)24-39(45(2,42)43)28-16-18-30(19-17-28)44-29-12-8-5-9-13-29/h4-19,22,32H,3,20-21,23-24H2,1-2H3,(H,37,41)/t32-/m1/s1. The van der Waals surface area contributed by atoms with E-state index < -0.39 is 28.5 Å². The Morgan fingerprint density at radius 3 is 2.09 bits per heavy atom. The third kappa shape index (κ3) is 9.72. The number of hydrogen-bond acceptors (Lipinski definition) is 5. The lowest BCUT2D eigenvalue weighted by Gasteiger charge is -2.33. The third-order valence-corrected chi connectivity index (χ3v) is 8.69. The average Bonchev–Trinajstić information content (AvgIpc) is 3.02. The quantitative estimate of drug-likeness (QED) is 0.161. The van der Waals surface area contributed by atoms with E-state index in [0.29, 0.717) is 40.1 Å². The van der Waals surface area contributed by atoms with E-state index >= 15 is 0 Å². The fourth-order valence-corrected chi connectivity index (χ4v) is 5.99. The molecule has 0 bridgehead atoms. The summed E-state index contributed by atoms with van der Waals surface area (Å²) in [6.07, 6.45) is 1.94. The molecule has 0 spiro atoms. The van der Waals surface area contributed by atoms with Gasteiger partial charge in [-0.25, -0.2) is 8.42 Å². The Morgan fingerprint density at radius 2 is 1.49 bits per heavy atom. The second kappa shape index (κ2) is 15.8. The van der Waals surface area contributed by atoms with E-state index in [4.69, 9.17) is 27.9 Å². The Balaban J connectivity index is 1.69. The van der Waals surface area contributed by atoms with Crippen LogP contribution < -0.4 is 14.4 Å². The molecule has 0 aliphatic rings. The number of hydrogen-bond donors (Lipinski definition) is 1. The minimum atomic E-state index is -3.92. The Bertz CT molecular complexity index is 1690. The normalized spacial score (nSPS) is 11.8. The van der Waals surface area contributed by atoms with Gasteiger partial charge in [0.1, 0.15) is 24.1 Å². The number of nitrogens with zero attached hydrogens (tertiary/aromatic N) is 2. The largest absolute Gasteiger partial charge is 0.457 e. The molecule has 0 unspecified atom stereocenters. The van der Waals surface area contributed by atoms with Crippen LogP contribution in [0, 0.1) is 0 Å². The van der Waals surface area contributed by atoms with Crippen LogP contribution in [-0.2, 0) is 32.6 Å². The number of rotatable bonds is 14. The molecular weight excluding hydrogens is 633 g/mol. The molecule has 2 amide bonds. The molecule has 0 radical (unpaired) electrons. The fourth-order valence-electron chi connectivity index (χ4n) is 4.67. The summed E-state index contributed by atoms with van der Waals surface area (Å²) >= 11 is 12.6. The van der Waals surface area contributed by atoms with Crippen molar-refractivity contribution in [1.29, 1.82) is 0 Å². The predicted molar refractivity (Wildman–Crippen MR) is 179 cm³/mol. The van der Waals surface area contributed by atoms with Gasteiger partial charge in [0.05, 0.1) is 11.9 Å². The first kappa shape index (κ1) is 33.8. The van der Waals surface area contributed by atoms with Crippen LogP contribution in [0.3, 0.4) is 0 Å². The van der Waals surface area contributed by atoms with Gasteiger partial charge in [0, 0.05) is 29.6 Å². The van der Waals surface area contributed by atoms with Crippen molar-refractivity contribution in [1.82, 2.24) is 10.2 Å². The maximum Gasteiger partial charge on any atom is 0.244 e. The van der Waals surface area contributed by atoms with Crippen molar-refractivity contribution in [3.8, 4) is 11.5 Å².